The summed E-state index contributed by atoms with van der Waals surface area (Å²) in [6.07, 6.45) is 2.94. The van der Waals surface area contributed by atoms with Gasteiger partial charge in [0.1, 0.15) is 23.6 Å². The number of piperazine rings is 1. The maximum absolute atomic E-state index is 13.0. The molecule has 9 nitrogen and oxygen atoms in total. The van der Waals surface area contributed by atoms with E-state index in [0.29, 0.717) is 12.2 Å². The van der Waals surface area contributed by atoms with Gasteiger partial charge in [-0.15, -0.1) is 15.3 Å². The van der Waals surface area contributed by atoms with Gasteiger partial charge in [0.25, 0.3) is 0 Å². The smallest absolute Gasteiger partial charge is 0.227 e. The van der Waals surface area contributed by atoms with Crippen molar-refractivity contribution >= 4 is 17.4 Å². The number of fused-ring (bicyclic) bond motifs is 3. The van der Waals surface area contributed by atoms with Gasteiger partial charge >= 0.3 is 0 Å². The Morgan fingerprint density at radius 1 is 1.14 bits per heavy atom. The number of anilines is 1. The number of ether oxygens (including phenoxy) is 2. The number of benzene rings is 1. The molecule has 5 heterocycles. The normalized spacial score (nSPS) is 20.5. The molecule has 1 aromatic carbocycles. The molecule has 0 radical (unpaired) electrons. The van der Waals surface area contributed by atoms with Crippen LogP contribution in [-0.2, 0) is 11.2 Å². The lowest BCUT2D eigenvalue weighted by Crippen LogP contribution is -2.70. The van der Waals surface area contributed by atoms with Gasteiger partial charge in [0.05, 0.1) is 32.7 Å². The third-order valence-corrected chi connectivity index (χ3v) is 5.78. The Kier molecular flexibility index (Phi) is 4.22. The summed E-state index contributed by atoms with van der Waals surface area (Å²) in [6, 6.07) is 9.83. The molecule has 0 N–H and O–H groups in total. The molecule has 2 unspecified atom stereocenters. The Bertz CT molecular complexity index is 1060. The summed E-state index contributed by atoms with van der Waals surface area (Å²) in [5.41, 5.74) is 1.57. The molecule has 0 aliphatic carbocycles. The molecule has 3 aliphatic heterocycles. The fourth-order valence-corrected chi connectivity index (χ4v) is 4.37. The van der Waals surface area contributed by atoms with Crippen molar-refractivity contribution < 1.29 is 14.3 Å². The Hall–Kier alpha value is -3.36. The molecule has 2 bridgehead atoms. The van der Waals surface area contributed by atoms with Gasteiger partial charge < -0.3 is 19.3 Å². The first-order chi connectivity index (χ1) is 14.2. The highest BCUT2D eigenvalue weighted by Gasteiger charge is 2.47. The van der Waals surface area contributed by atoms with Gasteiger partial charge in [-0.25, -0.2) is 0 Å². The van der Waals surface area contributed by atoms with Crippen molar-refractivity contribution in [2.45, 2.75) is 24.9 Å². The van der Waals surface area contributed by atoms with Crippen LogP contribution in [0.25, 0.3) is 5.65 Å². The molecule has 0 saturated carbocycles. The van der Waals surface area contributed by atoms with Crippen molar-refractivity contribution in [1.29, 1.82) is 0 Å². The molecule has 2 aromatic heterocycles. The van der Waals surface area contributed by atoms with E-state index in [1.54, 1.807) is 25.1 Å². The molecule has 9 heteroatoms. The topological polar surface area (TPSA) is 85.1 Å². The molecular formula is C20H22N6O3. The van der Waals surface area contributed by atoms with Crippen LogP contribution in [-0.4, -0.2) is 70.0 Å². The van der Waals surface area contributed by atoms with Gasteiger partial charge in [-0.2, -0.15) is 4.52 Å². The van der Waals surface area contributed by atoms with E-state index in [0.717, 1.165) is 42.3 Å². The second kappa shape index (κ2) is 6.91. The summed E-state index contributed by atoms with van der Waals surface area (Å²) in [7, 11) is 3.23. The van der Waals surface area contributed by atoms with E-state index < -0.39 is 0 Å². The molecule has 2 atom stereocenters. The van der Waals surface area contributed by atoms with Crippen LogP contribution in [0, 0.1) is 0 Å². The van der Waals surface area contributed by atoms with E-state index >= 15 is 0 Å². The first-order valence-corrected chi connectivity index (χ1v) is 9.60. The summed E-state index contributed by atoms with van der Waals surface area (Å²) >= 11 is 0. The van der Waals surface area contributed by atoms with Gasteiger partial charge in [-0.1, -0.05) is 0 Å². The number of carbonyl (C=O) groups is 1. The lowest BCUT2D eigenvalue weighted by Gasteiger charge is -2.56. The van der Waals surface area contributed by atoms with Crippen LogP contribution in [0.2, 0.25) is 0 Å². The highest BCUT2D eigenvalue weighted by atomic mass is 16.5. The number of rotatable bonds is 5. The van der Waals surface area contributed by atoms with Crippen LogP contribution in [0.3, 0.4) is 0 Å². The van der Waals surface area contributed by atoms with Crippen LogP contribution >= 0.6 is 0 Å². The average Bonchev–Trinajstić information content (AvgIpc) is 3.21. The van der Waals surface area contributed by atoms with E-state index in [9.17, 15) is 4.79 Å². The molecule has 1 amide bonds. The average molecular weight is 394 g/mol. The zero-order valence-corrected chi connectivity index (χ0v) is 16.4. The Balaban J connectivity index is 1.29. The van der Waals surface area contributed by atoms with E-state index in [-0.39, 0.29) is 18.0 Å². The molecular weight excluding hydrogens is 372 g/mol. The molecule has 6 rings (SSSR count). The lowest BCUT2D eigenvalue weighted by molar-refractivity contribution is -0.145. The third-order valence-electron chi connectivity index (χ3n) is 5.78. The molecule has 3 aliphatic rings. The number of piperidine rings is 1. The van der Waals surface area contributed by atoms with Crippen molar-refractivity contribution in [3.8, 4) is 11.5 Å². The van der Waals surface area contributed by atoms with Crippen molar-refractivity contribution in [3.63, 3.8) is 0 Å². The standard InChI is InChI=1S/C20H22N6O3/c1-28-16-3-4-17(29-2)13(7-16)8-20(27)26-14-9-15(26)11-24(10-14)19-6-5-18-22-21-12-25(18)23-19/h3-7,12,14-15H,8-11H2,1-2H3. The van der Waals surface area contributed by atoms with Gasteiger partial charge in [0.15, 0.2) is 5.65 Å². The maximum Gasteiger partial charge on any atom is 0.227 e. The minimum atomic E-state index is 0.125. The second-order valence-electron chi connectivity index (χ2n) is 7.43. The van der Waals surface area contributed by atoms with Gasteiger partial charge in [0, 0.05) is 18.7 Å². The van der Waals surface area contributed by atoms with Crippen LogP contribution < -0.4 is 14.4 Å². The number of hydrogen-bond donors (Lipinski definition) is 0. The number of amides is 1. The van der Waals surface area contributed by atoms with E-state index in [1.807, 2.05) is 35.2 Å². The molecule has 3 fully saturated rings. The molecule has 0 spiro atoms. The number of carbonyl (C=O) groups excluding carboxylic acids is 1. The molecule has 3 aromatic rings. The Morgan fingerprint density at radius 3 is 2.72 bits per heavy atom. The fourth-order valence-electron chi connectivity index (χ4n) is 4.37. The summed E-state index contributed by atoms with van der Waals surface area (Å²) < 4.78 is 12.4. The highest BCUT2D eigenvalue weighted by Crippen LogP contribution is 2.35. The first-order valence-electron chi connectivity index (χ1n) is 9.60. The van der Waals surface area contributed by atoms with Gasteiger partial charge in [-0.05, 0) is 36.8 Å². The van der Waals surface area contributed by atoms with Crippen molar-refractivity contribution in [2.75, 3.05) is 32.2 Å². The number of methoxy groups -OCH3 is 2. The minimum Gasteiger partial charge on any atom is -0.497 e. The monoisotopic (exact) mass is 394 g/mol. The number of nitrogens with zero attached hydrogens (tertiary/aromatic N) is 6. The summed E-state index contributed by atoms with van der Waals surface area (Å²) in [6.45, 7) is 1.55. The Labute approximate surface area is 167 Å². The fraction of sp³-hybridized carbons (Fsp3) is 0.400. The first kappa shape index (κ1) is 17.7. The predicted molar refractivity (Wildman–Crippen MR) is 105 cm³/mol. The third kappa shape index (κ3) is 3.02. The quantitative estimate of drug-likeness (QED) is 0.642. The van der Waals surface area contributed by atoms with Crippen molar-refractivity contribution in [1.82, 2.24) is 24.7 Å². The van der Waals surface area contributed by atoms with E-state index in [4.69, 9.17) is 9.47 Å². The zero-order chi connectivity index (χ0) is 20.0. The van der Waals surface area contributed by atoms with Gasteiger partial charge in [-0.3, -0.25) is 4.79 Å². The van der Waals surface area contributed by atoms with E-state index in [2.05, 4.69) is 20.2 Å². The predicted octanol–water partition coefficient (Wildman–Crippen LogP) is 1.17. The highest BCUT2D eigenvalue weighted by molar-refractivity contribution is 5.81. The van der Waals surface area contributed by atoms with Crippen LogP contribution in [0.1, 0.15) is 12.0 Å². The van der Waals surface area contributed by atoms with Crippen LogP contribution in [0.4, 0.5) is 5.82 Å². The second-order valence-corrected chi connectivity index (χ2v) is 7.43. The largest absolute Gasteiger partial charge is 0.497 e. The van der Waals surface area contributed by atoms with Gasteiger partial charge in [0.2, 0.25) is 5.91 Å². The zero-order valence-electron chi connectivity index (χ0n) is 16.4. The van der Waals surface area contributed by atoms with Crippen LogP contribution in [0.5, 0.6) is 11.5 Å². The summed E-state index contributed by atoms with van der Waals surface area (Å²) in [4.78, 5) is 17.3. The summed E-state index contributed by atoms with van der Waals surface area (Å²) in [5, 5.41) is 12.4. The van der Waals surface area contributed by atoms with Crippen molar-refractivity contribution in [3.05, 3.63) is 42.2 Å². The lowest BCUT2D eigenvalue weighted by atomic mass is 9.86. The van der Waals surface area contributed by atoms with Crippen molar-refractivity contribution in [2.24, 2.45) is 0 Å². The van der Waals surface area contributed by atoms with E-state index in [1.165, 1.54) is 0 Å². The molecule has 29 heavy (non-hydrogen) atoms. The molecule has 3 saturated heterocycles. The number of hydrogen-bond acceptors (Lipinski definition) is 7. The maximum atomic E-state index is 13.0. The summed E-state index contributed by atoms with van der Waals surface area (Å²) in [5.74, 6) is 2.44. The molecule has 150 valence electrons. The number of aromatic nitrogens is 4. The minimum absolute atomic E-state index is 0.125. The Morgan fingerprint density at radius 2 is 1.97 bits per heavy atom. The van der Waals surface area contributed by atoms with Crippen LogP contribution in [0.15, 0.2) is 36.7 Å². The SMILES string of the molecule is COc1ccc(OC)c(CC(=O)N2C3CC2CN(c2ccc4nncn4n2)C3)c1.